The zero-order valence-corrected chi connectivity index (χ0v) is 13.3. The first-order valence-electron chi connectivity index (χ1n) is 6.14. The molecule has 0 aliphatic carbocycles. The Morgan fingerprint density at radius 3 is 2.52 bits per heavy atom. The first kappa shape index (κ1) is 16.0. The van der Waals surface area contributed by atoms with Gasteiger partial charge in [-0.15, -0.1) is 0 Å². The predicted octanol–water partition coefficient (Wildman–Crippen LogP) is 5.05. The topological polar surface area (TPSA) is 38.3 Å². The smallest absolute Gasteiger partial charge is 0.265 e. The second kappa shape index (κ2) is 7.03. The van der Waals surface area contributed by atoms with Gasteiger partial charge in [-0.3, -0.25) is 4.79 Å². The Morgan fingerprint density at radius 2 is 1.86 bits per heavy atom. The van der Waals surface area contributed by atoms with E-state index >= 15 is 0 Å². The van der Waals surface area contributed by atoms with E-state index in [0.717, 1.165) is 0 Å². The lowest BCUT2D eigenvalue weighted by atomic mass is 10.3. The van der Waals surface area contributed by atoms with Crippen molar-refractivity contribution < 1.29 is 9.53 Å². The van der Waals surface area contributed by atoms with Crippen LogP contribution in [-0.2, 0) is 4.79 Å². The van der Waals surface area contributed by atoms with Crippen molar-refractivity contribution in [2.24, 2.45) is 0 Å². The molecule has 1 atom stereocenters. The second-order valence-corrected chi connectivity index (χ2v) is 5.59. The Labute approximate surface area is 137 Å². The zero-order valence-electron chi connectivity index (χ0n) is 11.1. The van der Waals surface area contributed by atoms with E-state index in [9.17, 15) is 4.79 Å². The number of carbonyl (C=O) groups excluding carboxylic acids is 1. The number of rotatable bonds is 4. The minimum atomic E-state index is -0.682. The summed E-state index contributed by atoms with van der Waals surface area (Å²) in [6.45, 7) is 1.65. The molecule has 0 aliphatic rings. The number of carbonyl (C=O) groups is 1. The van der Waals surface area contributed by atoms with Crippen LogP contribution in [0.5, 0.6) is 5.75 Å². The third-order valence-electron chi connectivity index (χ3n) is 2.67. The van der Waals surface area contributed by atoms with Crippen molar-refractivity contribution in [2.45, 2.75) is 13.0 Å². The number of benzene rings is 2. The van der Waals surface area contributed by atoms with E-state index in [0.29, 0.717) is 26.5 Å². The number of amides is 1. The average Bonchev–Trinajstić information content (AvgIpc) is 2.43. The van der Waals surface area contributed by atoms with E-state index in [-0.39, 0.29) is 5.91 Å². The molecule has 3 nitrogen and oxygen atoms in total. The van der Waals surface area contributed by atoms with Crippen molar-refractivity contribution in [3.05, 3.63) is 57.5 Å². The Morgan fingerprint density at radius 1 is 1.10 bits per heavy atom. The molecule has 1 amide bonds. The zero-order chi connectivity index (χ0) is 15.4. The summed E-state index contributed by atoms with van der Waals surface area (Å²) < 4.78 is 5.53. The SMILES string of the molecule is C[C@@H](Oc1cccc(Cl)c1)C(=O)Nc1ccc(Cl)c(Cl)c1. The highest BCUT2D eigenvalue weighted by Crippen LogP contribution is 2.25. The van der Waals surface area contributed by atoms with E-state index < -0.39 is 6.10 Å². The Hall–Kier alpha value is -1.42. The molecule has 0 saturated carbocycles. The molecule has 21 heavy (non-hydrogen) atoms. The third-order valence-corrected chi connectivity index (χ3v) is 3.64. The molecule has 0 heterocycles. The summed E-state index contributed by atoms with van der Waals surface area (Å²) in [4.78, 5) is 12.1. The lowest BCUT2D eigenvalue weighted by molar-refractivity contribution is -0.122. The molecule has 2 rings (SSSR count). The largest absolute Gasteiger partial charge is 0.481 e. The van der Waals surface area contributed by atoms with Crippen LogP contribution in [0, 0.1) is 0 Å². The monoisotopic (exact) mass is 343 g/mol. The van der Waals surface area contributed by atoms with Crippen LogP contribution in [0.3, 0.4) is 0 Å². The van der Waals surface area contributed by atoms with Gasteiger partial charge in [0, 0.05) is 10.7 Å². The van der Waals surface area contributed by atoms with Gasteiger partial charge in [0.15, 0.2) is 6.10 Å². The summed E-state index contributed by atoms with van der Waals surface area (Å²) in [7, 11) is 0. The first-order valence-corrected chi connectivity index (χ1v) is 7.27. The van der Waals surface area contributed by atoms with Gasteiger partial charge in [0.2, 0.25) is 0 Å². The molecule has 0 aliphatic heterocycles. The van der Waals surface area contributed by atoms with Gasteiger partial charge >= 0.3 is 0 Å². The fraction of sp³-hybridized carbons (Fsp3) is 0.133. The van der Waals surface area contributed by atoms with Gasteiger partial charge in [0.25, 0.3) is 5.91 Å². The molecular formula is C15H12Cl3NO2. The molecule has 1 N–H and O–H groups in total. The van der Waals surface area contributed by atoms with Crippen LogP contribution in [0.4, 0.5) is 5.69 Å². The maximum atomic E-state index is 12.1. The molecule has 0 spiro atoms. The van der Waals surface area contributed by atoms with Gasteiger partial charge in [0.1, 0.15) is 5.75 Å². The van der Waals surface area contributed by atoms with Gasteiger partial charge < -0.3 is 10.1 Å². The van der Waals surface area contributed by atoms with Crippen molar-refractivity contribution in [3.63, 3.8) is 0 Å². The molecule has 6 heteroatoms. The fourth-order valence-corrected chi connectivity index (χ4v) is 2.09. The normalized spacial score (nSPS) is 11.8. The molecule has 0 unspecified atom stereocenters. The van der Waals surface area contributed by atoms with Gasteiger partial charge in [-0.25, -0.2) is 0 Å². The quantitative estimate of drug-likeness (QED) is 0.842. The first-order chi connectivity index (χ1) is 9.95. The van der Waals surface area contributed by atoms with Crippen molar-refractivity contribution in [1.82, 2.24) is 0 Å². The molecular weight excluding hydrogens is 333 g/mol. The van der Waals surface area contributed by atoms with Crippen molar-refractivity contribution in [1.29, 1.82) is 0 Å². The highest BCUT2D eigenvalue weighted by Gasteiger charge is 2.15. The Balaban J connectivity index is 2.00. The van der Waals surface area contributed by atoms with E-state index in [1.807, 2.05) is 0 Å². The fourth-order valence-electron chi connectivity index (χ4n) is 1.62. The van der Waals surface area contributed by atoms with E-state index in [1.54, 1.807) is 49.4 Å². The van der Waals surface area contributed by atoms with Crippen LogP contribution in [0.1, 0.15) is 6.92 Å². The van der Waals surface area contributed by atoms with Gasteiger partial charge in [-0.2, -0.15) is 0 Å². The van der Waals surface area contributed by atoms with Gasteiger partial charge in [-0.05, 0) is 43.3 Å². The summed E-state index contributed by atoms with van der Waals surface area (Å²) in [6.07, 6.45) is -0.682. The standard InChI is InChI=1S/C15H12Cl3NO2/c1-9(21-12-4-2-3-10(16)7-12)15(20)19-11-5-6-13(17)14(18)8-11/h2-9H,1H3,(H,19,20)/t9-/m1/s1. The lowest BCUT2D eigenvalue weighted by Gasteiger charge is -2.15. The number of anilines is 1. The van der Waals surface area contributed by atoms with Gasteiger partial charge in [0.05, 0.1) is 10.0 Å². The van der Waals surface area contributed by atoms with E-state index in [4.69, 9.17) is 39.5 Å². The number of hydrogen-bond donors (Lipinski definition) is 1. The van der Waals surface area contributed by atoms with Crippen LogP contribution in [-0.4, -0.2) is 12.0 Å². The minimum Gasteiger partial charge on any atom is -0.481 e. The molecule has 0 radical (unpaired) electrons. The summed E-state index contributed by atoms with van der Waals surface area (Å²) in [5, 5.41) is 4.05. The van der Waals surface area contributed by atoms with E-state index in [2.05, 4.69) is 5.32 Å². The minimum absolute atomic E-state index is 0.298. The lowest BCUT2D eigenvalue weighted by Crippen LogP contribution is -2.30. The maximum absolute atomic E-state index is 12.1. The molecule has 0 fully saturated rings. The summed E-state index contributed by atoms with van der Waals surface area (Å²) in [6, 6.07) is 11.7. The summed E-state index contributed by atoms with van der Waals surface area (Å²) in [5.74, 6) is 0.229. The number of nitrogens with one attached hydrogen (secondary N) is 1. The van der Waals surface area contributed by atoms with Crippen LogP contribution in [0.25, 0.3) is 0 Å². The number of ether oxygens (including phenoxy) is 1. The Kier molecular flexibility index (Phi) is 5.34. The highest BCUT2D eigenvalue weighted by atomic mass is 35.5. The van der Waals surface area contributed by atoms with Gasteiger partial charge in [-0.1, -0.05) is 40.9 Å². The average molecular weight is 345 g/mol. The van der Waals surface area contributed by atoms with Crippen molar-refractivity contribution >= 4 is 46.4 Å². The molecule has 0 saturated heterocycles. The van der Waals surface area contributed by atoms with Crippen molar-refractivity contribution in [3.8, 4) is 5.75 Å². The molecule has 0 bridgehead atoms. The van der Waals surface area contributed by atoms with Crippen LogP contribution in [0.2, 0.25) is 15.1 Å². The number of halogens is 3. The predicted molar refractivity (Wildman–Crippen MR) is 86.6 cm³/mol. The summed E-state index contributed by atoms with van der Waals surface area (Å²) in [5.41, 5.74) is 0.552. The molecule has 110 valence electrons. The third kappa shape index (κ3) is 4.53. The van der Waals surface area contributed by atoms with Crippen LogP contribution < -0.4 is 10.1 Å². The van der Waals surface area contributed by atoms with Crippen LogP contribution >= 0.6 is 34.8 Å². The second-order valence-electron chi connectivity index (χ2n) is 4.34. The number of hydrogen-bond acceptors (Lipinski definition) is 2. The molecule has 0 aromatic heterocycles. The van der Waals surface area contributed by atoms with E-state index in [1.165, 1.54) is 0 Å². The maximum Gasteiger partial charge on any atom is 0.265 e. The Bertz CT molecular complexity index is 661. The molecule has 2 aromatic rings. The van der Waals surface area contributed by atoms with Crippen molar-refractivity contribution in [2.75, 3.05) is 5.32 Å². The summed E-state index contributed by atoms with van der Waals surface area (Å²) >= 11 is 17.6. The van der Waals surface area contributed by atoms with Crippen LogP contribution in [0.15, 0.2) is 42.5 Å². The highest BCUT2D eigenvalue weighted by molar-refractivity contribution is 6.42. The molecule has 2 aromatic carbocycles.